The van der Waals surface area contributed by atoms with Crippen molar-refractivity contribution in [3.8, 4) is 5.75 Å². The minimum Gasteiger partial charge on any atom is -0.485 e. The highest BCUT2D eigenvalue weighted by molar-refractivity contribution is 6.32. The predicted octanol–water partition coefficient (Wildman–Crippen LogP) is 2.14. The van der Waals surface area contributed by atoms with Gasteiger partial charge in [-0.25, -0.2) is 0 Å². The van der Waals surface area contributed by atoms with Crippen LogP contribution >= 0.6 is 11.6 Å². The Morgan fingerprint density at radius 2 is 2.29 bits per heavy atom. The summed E-state index contributed by atoms with van der Waals surface area (Å²) in [6.45, 7) is 2.87. The van der Waals surface area contributed by atoms with Crippen LogP contribution in [-0.4, -0.2) is 19.7 Å². The van der Waals surface area contributed by atoms with Gasteiger partial charge in [0.2, 0.25) is 0 Å². The fourth-order valence-electron chi connectivity index (χ4n) is 1.72. The van der Waals surface area contributed by atoms with Crippen LogP contribution in [0.3, 0.4) is 0 Å². The quantitative estimate of drug-likeness (QED) is 0.670. The van der Waals surface area contributed by atoms with Gasteiger partial charge in [-0.2, -0.15) is 0 Å². The molecule has 2 rings (SSSR count). The zero-order chi connectivity index (χ0) is 10.3. The average molecular weight is 213 g/mol. The second kappa shape index (κ2) is 3.24. The first-order chi connectivity index (χ1) is 6.58. The molecular weight excluding hydrogens is 200 g/mol. The van der Waals surface area contributed by atoms with Crippen molar-refractivity contribution in [1.29, 1.82) is 0 Å². The van der Waals surface area contributed by atoms with Gasteiger partial charge in [-0.3, -0.25) is 0 Å². The summed E-state index contributed by atoms with van der Waals surface area (Å²) in [6.07, 6.45) is 0.161. The Balaban J connectivity index is 2.53. The molecular formula is C10H13ClN2O. The largest absolute Gasteiger partial charge is 0.485 e. The Morgan fingerprint density at radius 1 is 1.57 bits per heavy atom. The van der Waals surface area contributed by atoms with Crippen molar-refractivity contribution in [2.24, 2.45) is 0 Å². The van der Waals surface area contributed by atoms with Crippen LogP contribution in [0.2, 0.25) is 5.02 Å². The lowest BCUT2D eigenvalue weighted by molar-refractivity contribution is 0.215. The molecule has 1 aromatic carbocycles. The molecule has 4 heteroatoms. The van der Waals surface area contributed by atoms with Crippen molar-refractivity contribution >= 4 is 23.0 Å². The molecule has 0 bridgehead atoms. The van der Waals surface area contributed by atoms with E-state index in [0.29, 0.717) is 10.7 Å². The van der Waals surface area contributed by atoms with E-state index in [1.165, 1.54) is 0 Å². The van der Waals surface area contributed by atoms with E-state index in [9.17, 15) is 0 Å². The second-order valence-corrected chi connectivity index (χ2v) is 4.07. The molecule has 1 heterocycles. The smallest absolute Gasteiger partial charge is 0.161 e. The molecule has 1 aliphatic heterocycles. The molecule has 1 unspecified atom stereocenters. The van der Waals surface area contributed by atoms with E-state index in [-0.39, 0.29) is 6.10 Å². The molecule has 0 spiro atoms. The van der Waals surface area contributed by atoms with E-state index in [2.05, 4.69) is 4.90 Å². The monoisotopic (exact) mass is 212 g/mol. The topological polar surface area (TPSA) is 38.5 Å². The molecule has 3 nitrogen and oxygen atoms in total. The Labute approximate surface area is 88.4 Å². The van der Waals surface area contributed by atoms with Crippen LogP contribution in [-0.2, 0) is 0 Å². The highest BCUT2D eigenvalue weighted by Gasteiger charge is 2.22. The Morgan fingerprint density at radius 3 is 3.00 bits per heavy atom. The van der Waals surface area contributed by atoms with Crippen LogP contribution in [0.5, 0.6) is 5.75 Å². The maximum absolute atomic E-state index is 6.05. The molecule has 0 aromatic heterocycles. The van der Waals surface area contributed by atoms with Gasteiger partial charge in [-0.1, -0.05) is 11.6 Å². The predicted molar refractivity (Wildman–Crippen MR) is 59.2 cm³/mol. The second-order valence-electron chi connectivity index (χ2n) is 3.66. The summed E-state index contributed by atoms with van der Waals surface area (Å²) in [5.41, 5.74) is 7.34. The van der Waals surface area contributed by atoms with Gasteiger partial charge >= 0.3 is 0 Å². The first-order valence-electron chi connectivity index (χ1n) is 4.54. The van der Waals surface area contributed by atoms with Gasteiger partial charge in [0.15, 0.2) is 5.75 Å². The van der Waals surface area contributed by atoms with Crippen LogP contribution in [0.4, 0.5) is 11.4 Å². The van der Waals surface area contributed by atoms with Crippen molar-refractivity contribution in [2.75, 3.05) is 24.2 Å². The fourth-order valence-corrected chi connectivity index (χ4v) is 1.99. The van der Waals surface area contributed by atoms with E-state index in [4.69, 9.17) is 22.1 Å². The van der Waals surface area contributed by atoms with E-state index in [0.717, 1.165) is 18.0 Å². The molecule has 0 fully saturated rings. The van der Waals surface area contributed by atoms with Crippen LogP contribution in [0.1, 0.15) is 6.92 Å². The molecule has 1 aromatic rings. The molecule has 0 radical (unpaired) electrons. The number of anilines is 2. The van der Waals surface area contributed by atoms with Crippen molar-refractivity contribution < 1.29 is 4.74 Å². The number of nitrogens with zero attached hydrogens (tertiary/aromatic N) is 1. The molecule has 76 valence electrons. The summed E-state index contributed by atoms with van der Waals surface area (Å²) in [5, 5.41) is 0.582. The molecule has 0 amide bonds. The lowest BCUT2D eigenvalue weighted by Crippen LogP contribution is -2.35. The van der Waals surface area contributed by atoms with E-state index >= 15 is 0 Å². The molecule has 2 N–H and O–H groups in total. The van der Waals surface area contributed by atoms with Gasteiger partial charge in [0.25, 0.3) is 0 Å². The zero-order valence-electron chi connectivity index (χ0n) is 8.25. The summed E-state index contributed by atoms with van der Waals surface area (Å²) in [4.78, 5) is 2.10. The van der Waals surface area contributed by atoms with Gasteiger partial charge in [-0.05, 0) is 19.1 Å². The molecule has 0 saturated heterocycles. The highest BCUT2D eigenvalue weighted by Crippen LogP contribution is 2.40. The summed E-state index contributed by atoms with van der Waals surface area (Å²) in [5.74, 6) is 0.738. The van der Waals surface area contributed by atoms with Crippen LogP contribution < -0.4 is 15.4 Å². The fraction of sp³-hybridized carbons (Fsp3) is 0.400. The van der Waals surface area contributed by atoms with Crippen molar-refractivity contribution in [3.63, 3.8) is 0 Å². The molecule has 1 atom stereocenters. The van der Waals surface area contributed by atoms with Gasteiger partial charge < -0.3 is 15.4 Å². The number of likely N-dealkylation sites (N-methyl/N-ethyl adjacent to an activating group) is 1. The third-order valence-corrected chi connectivity index (χ3v) is 2.59. The molecule has 1 aliphatic rings. The molecule has 0 aliphatic carbocycles. The SMILES string of the molecule is CC1CN(C)c2cc(N)cc(Cl)c2O1. The van der Waals surface area contributed by atoms with Gasteiger partial charge in [0.1, 0.15) is 6.10 Å². The maximum Gasteiger partial charge on any atom is 0.161 e. The number of hydrogen-bond acceptors (Lipinski definition) is 3. The first kappa shape index (κ1) is 9.46. The average Bonchev–Trinajstić information content (AvgIpc) is 2.07. The normalized spacial score (nSPS) is 20.2. The van der Waals surface area contributed by atoms with Crippen LogP contribution in [0, 0.1) is 0 Å². The first-order valence-corrected chi connectivity index (χ1v) is 4.92. The summed E-state index contributed by atoms with van der Waals surface area (Å²) in [7, 11) is 2.01. The van der Waals surface area contributed by atoms with Crippen molar-refractivity contribution in [1.82, 2.24) is 0 Å². The zero-order valence-corrected chi connectivity index (χ0v) is 9.01. The van der Waals surface area contributed by atoms with E-state index in [1.807, 2.05) is 20.0 Å². The van der Waals surface area contributed by atoms with Crippen LogP contribution in [0.25, 0.3) is 0 Å². The summed E-state index contributed by atoms with van der Waals surface area (Å²) >= 11 is 6.05. The van der Waals surface area contributed by atoms with Crippen molar-refractivity contribution in [2.45, 2.75) is 13.0 Å². The number of benzene rings is 1. The minimum absolute atomic E-state index is 0.161. The number of halogens is 1. The Bertz CT molecular complexity index is 367. The maximum atomic E-state index is 6.05. The number of rotatable bonds is 0. The number of nitrogens with two attached hydrogens (primary N) is 1. The van der Waals surface area contributed by atoms with Crippen molar-refractivity contribution in [3.05, 3.63) is 17.2 Å². The van der Waals surface area contributed by atoms with Gasteiger partial charge in [0.05, 0.1) is 17.3 Å². The van der Waals surface area contributed by atoms with E-state index in [1.54, 1.807) is 6.07 Å². The Kier molecular flexibility index (Phi) is 2.19. The number of nitrogen functional groups attached to an aromatic ring is 1. The highest BCUT2D eigenvalue weighted by atomic mass is 35.5. The number of hydrogen-bond donors (Lipinski definition) is 1. The summed E-state index contributed by atoms with van der Waals surface area (Å²) < 4.78 is 5.66. The summed E-state index contributed by atoms with van der Waals surface area (Å²) in [6, 6.07) is 3.60. The number of fused-ring (bicyclic) bond motifs is 1. The minimum atomic E-state index is 0.161. The Hall–Kier alpha value is -1.09. The van der Waals surface area contributed by atoms with Crippen LogP contribution in [0.15, 0.2) is 12.1 Å². The third kappa shape index (κ3) is 1.48. The lowest BCUT2D eigenvalue weighted by atomic mass is 10.2. The van der Waals surface area contributed by atoms with Gasteiger partial charge in [0, 0.05) is 12.7 Å². The third-order valence-electron chi connectivity index (χ3n) is 2.31. The number of ether oxygens (including phenoxy) is 1. The standard InChI is InChI=1S/C10H13ClN2O/c1-6-5-13(2)9-4-7(12)3-8(11)10(9)14-6/h3-4,6H,5,12H2,1-2H3. The lowest BCUT2D eigenvalue weighted by Gasteiger charge is -2.32. The van der Waals surface area contributed by atoms with Gasteiger partial charge in [-0.15, -0.1) is 0 Å². The molecule has 14 heavy (non-hydrogen) atoms. The van der Waals surface area contributed by atoms with E-state index < -0.39 is 0 Å². The molecule has 0 saturated carbocycles.